The van der Waals surface area contributed by atoms with Crippen molar-refractivity contribution in [1.29, 1.82) is 0 Å². The normalized spacial score (nSPS) is 15.5. The minimum absolute atomic E-state index is 0.146. The van der Waals surface area contributed by atoms with Crippen LogP contribution in [-0.2, 0) is 9.53 Å². The molecule has 0 spiro atoms. The summed E-state index contributed by atoms with van der Waals surface area (Å²) in [5.41, 5.74) is 5.41. The summed E-state index contributed by atoms with van der Waals surface area (Å²) < 4.78 is 21.5. The summed E-state index contributed by atoms with van der Waals surface area (Å²) in [6.07, 6.45) is 2.85. The smallest absolute Gasteiger partial charge is 0.244 e. The van der Waals surface area contributed by atoms with E-state index in [0.29, 0.717) is 23.4 Å². The lowest BCUT2D eigenvalue weighted by Crippen LogP contribution is -2.54. The molecule has 0 saturated carbocycles. The summed E-state index contributed by atoms with van der Waals surface area (Å²) >= 11 is 1.56. The van der Waals surface area contributed by atoms with E-state index in [0.717, 1.165) is 53.7 Å². The van der Waals surface area contributed by atoms with E-state index in [2.05, 4.69) is 47.4 Å². The Morgan fingerprint density at radius 1 is 1.20 bits per heavy atom. The van der Waals surface area contributed by atoms with E-state index in [1.807, 2.05) is 36.4 Å². The van der Waals surface area contributed by atoms with Gasteiger partial charge in [-0.3, -0.25) is 9.69 Å². The summed E-state index contributed by atoms with van der Waals surface area (Å²) in [4.78, 5) is 33.9. The molecule has 40 heavy (non-hydrogen) atoms. The number of amides is 1. The predicted octanol–water partition coefficient (Wildman–Crippen LogP) is 4.32. The number of likely N-dealkylation sites (N-methyl/N-ethyl adjacent to an activating group) is 1. The number of carbonyl (C=O) groups excluding carboxylic acids is 1. The summed E-state index contributed by atoms with van der Waals surface area (Å²) in [6, 6.07) is 10.9. The predicted molar refractivity (Wildman–Crippen MR) is 156 cm³/mol. The van der Waals surface area contributed by atoms with E-state index in [1.54, 1.807) is 30.2 Å². The van der Waals surface area contributed by atoms with Crippen molar-refractivity contribution in [1.82, 2.24) is 29.7 Å². The summed E-state index contributed by atoms with van der Waals surface area (Å²) in [5, 5.41) is 6.94. The van der Waals surface area contributed by atoms with Gasteiger partial charge in [-0.05, 0) is 31.3 Å². The maximum Gasteiger partial charge on any atom is 0.244 e. The number of rotatable bonds is 8. The fraction of sp³-hybridized carbons (Fsp3) is 0.286. The fourth-order valence-electron chi connectivity index (χ4n) is 4.99. The number of aromatic amines is 1. The molecule has 0 aliphatic carbocycles. The molecule has 6 rings (SSSR count). The molecule has 1 saturated heterocycles. The number of nitrogens with zero attached hydrogens (tertiary/aromatic N) is 5. The first-order chi connectivity index (χ1) is 19.5. The first-order valence-electron chi connectivity index (χ1n) is 13.0. The quantitative estimate of drug-likeness (QED) is 0.257. The van der Waals surface area contributed by atoms with Crippen LogP contribution in [0.3, 0.4) is 0 Å². The number of halogens is 1. The number of ether oxygens (including phenoxy) is 1. The number of thiazole rings is 1. The number of aromatic nitrogens is 4. The van der Waals surface area contributed by atoms with E-state index in [4.69, 9.17) is 4.74 Å². The Kier molecular flexibility index (Phi) is 7.39. The molecule has 1 fully saturated rings. The second-order valence-corrected chi connectivity index (χ2v) is 10.7. The molecule has 4 heterocycles. The number of carbonyl (C=O) groups is 1. The van der Waals surface area contributed by atoms with Crippen LogP contribution >= 0.6 is 11.3 Å². The van der Waals surface area contributed by atoms with Crippen LogP contribution in [0.1, 0.15) is 0 Å². The molecule has 0 bridgehead atoms. The molecule has 0 unspecified atom stereocenters. The van der Waals surface area contributed by atoms with Gasteiger partial charge < -0.3 is 25.3 Å². The van der Waals surface area contributed by atoms with E-state index in [-0.39, 0.29) is 17.5 Å². The molecule has 3 aromatic heterocycles. The second kappa shape index (κ2) is 11.3. The van der Waals surface area contributed by atoms with Crippen LogP contribution in [-0.4, -0.2) is 88.6 Å². The van der Waals surface area contributed by atoms with Crippen LogP contribution in [0.5, 0.6) is 0 Å². The van der Waals surface area contributed by atoms with Crippen molar-refractivity contribution in [2.45, 2.75) is 6.04 Å². The molecule has 10 nitrogen and oxygen atoms in total. The third-order valence-electron chi connectivity index (χ3n) is 7.16. The standard InChI is InChI=1S/C28H29FN8O2S/c1-36-8-10-37(11-9-36)23(15-39-2)27(38)34-21-5-3-4-18-19(13-30-26(18)21)25-20(29)14-31-28(35-25)33-17-6-7-24-22(12-17)32-16-40-24/h3-7,12-14,16,23,30H,8-11,15H2,1-2H3,(H,34,38)(H,31,33,35)/t23-/m1/s1. The highest BCUT2D eigenvalue weighted by Gasteiger charge is 2.29. The van der Waals surface area contributed by atoms with Crippen LogP contribution < -0.4 is 10.6 Å². The van der Waals surface area contributed by atoms with Crippen molar-refractivity contribution in [3.63, 3.8) is 0 Å². The summed E-state index contributed by atoms with van der Waals surface area (Å²) in [6.45, 7) is 3.65. The van der Waals surface area contributed by atoms with Crippen LogP contribution in [0.15, 0.2) is 54.3 Å². The average Bonchev–Trinajstić information content (AvgIpc) is 3.61. The van der Waals surface area contributed by atoms with E-state index >= 15 is 4.39 Å². The molecule has 1 aliphatic rings. The van der Waals surface area contributed by atoms with Gasteiger partial charge in [-0.1, -0.05) is 12.1 Å². The highest BCUT2D eigenvalue weighted by atomic mass is 32.1. The lowest BCUT2D eigenvalue weighted by molar-refractivity contribution is -0.124. The maximum absolute atomic E-state index is 15.0. The first-order valence-corrected chi connectivity index (χ1v) is 13.8. The van der Waals surface area contributed by atoms with Gasteiger partial charge >= 0.3 is 0 Å². The van der Waals surface area contributed by atoms with Crippen molar-refractivity contribution >= 4 is 55.7 Å². The number of para-hydroxylation sites is 1. The Hall–Kier alpha value is -3.97. The number of H-pyrrole nitrogens is 1. The number of anilines is 3. The van der Waals surface area contributed by atoms with Crippen molar-refractivity contribution in [3.8, 4) is 11.3 Å². The van der Waals surface area contributed by atoms with Gasteiger partial charge in [-0.2, -0.15) is 0 Å². The molecule has 3 N–H and O–H groups in total. The zero-order chi connectivity index (χ0) is 27.6. The molecule has 206 valence electrons. The average molecular weight is 561 g/mol. The lowest BCUT2D eigenvalue weighted by Gasteiger charge is -2.36. The van der Waals surface area contributed by atoms with Crippen molar-refractivity contribution < 1.29 is 13.9 Å². The molecule has 1 amide bonds. The number of benzene rings is 2. The van der Waals surface area contributed by atoms with Crippen molar-refractivity contribution in [2.24, 2.45) is 0 Å². The van der Waals surface area contributed by atoms with Gasteiger partial charge in [0.05, 0.1) is 39.7 Å². The minimum Gasteiger partial charge on any atom is -0.383 e. The number of fused-ring (bicyclic) bond motifs is 2. The Labute approximate surface area is 234 Å². The van der Waals surface area contributed by atoms with Gasteiger partial charge in [0.1, 0.15) is 11.7 Å². The van der Waals surface area contributed by atoms with Crippen LogP contribution in [0.4, 0.5) is 21.7 Å². The number of piperazine rings is 1. The van der Waals surface area contributed by atoms with Gasteiger partial charge in [-0.15, -0.1) is 11.3 Å². The van der Waals surface area contributed by atoms with Gasteiger partial charge in [0.2, 0.25) is 11.9 Å². The zero-order valence-corrected chi connectivity index (χ0v) is 23.0. The third kappa shape index (κ3) is 5.26. The Bertz CT molecular complexity index is 1660. The van der Waals surface area contributed by atoms with E-state index in [1.165, 1.54) is 0 Å². The summed E-state index contributed by atoms with van der Waals surface area (Å²) in [5.74, 6) is -0.433. The van der Waals surface area contributed by atoms with Crippen LogP contribution in [0, 0.1) is 5.82 Å². The largest absolute Gasteiger partial charge is 0.383 e. The third-order valence-corrected chi connectivity index (χ3v) is 7.97. The zero-order valence-electron chi connectivity index (χ0n) is 22.1. The molecule has 1 atom stereocenters. The van der Waals surface area contributed by atoms with E-state index in [9.17, 15) is 4.79 Å². The number of hydrogen-bond acceptors (Lipinski definition) is 9. The Balaban J connectivity index is 1.26. The van der Waals surface area contributed by atoms with Gasteiger partial charge in [0.25, 0.3) is 0 Å². The van der Waals surface area contributed by atoms with Gasteiger partial charge in [-0.25, -0.2) is 19.3 Å². The molecule has 1 aliphatic heterocycles. The Morgan fingerprint density at radius 3 is 2.88 bits per heavy atom. The number of hydrogen-bond donors (Lipinski definition) is 3. The monoisotopic (exact) mass is 560 g/mol. The molecule has 12 heteroatoms. The highest BCUT2D eigenvalue weighted by Crippen LogP contribution is 2.33. The van der Waals surface area contributed by atoms with E-state index < -0.39 is 11.9 Å². The van der Waals surface area contributed by atoms with Gasteiger partial charge in [0.15, 0.2) is 5.82 Å². The van der Waals surface area contributed by atoms with Crippen LogP contribution in [0.2, 0.25) is 0 Å². The molecular weight excluding hydrogens is 531 g/mol. The number of methoxy groups -OCH3 is 1. The van der Waals surface area contributed by atoms with Crippen LogP contribution in [0.25, 0.3) is 32.4 Å². The molecule has 2 aromatic carbocycles. The van der Waals surface area contributed by atoms with Crippen molar-refractivity contribution in [2.75, 3.05) is 57.6 Å². The topological polar surface area (TPSA) is 111 Å². The second-order valence-electron chi connectivity index (χ2n) is 9.78. The minimum atomic E-state index is -0.550. The SMILES string of the molecule is COC[C@H](C(=O)Nc1cccc2c(-c3nc(Nc4ccc5scnc5c4)ncc3F)c[nH]c12)N1CCN(C)CC1. The lowest BCUT2D eigenvalue weighted by atomic mass is 10.1. The molecule has 5 aromatic rings. The molecular formula is C28H29FN8O2S. The Morgan fingerprint density at radius 2 is 2.05 bits per heavy atom. The highest BCUT2D eigenvalue weighted by molar-refractivity contribution is 7.16. The fourth-order valence-corrected chi connectivity index (χ4v) is 5.65. The summed E-state index contributed by atoms with van der Waals surface area (Å²) in [7, 11) is 3.68. The first kappa shape index (κ1) is 26.3. The molecule has 0 radical (unpaired) electrons. The maximum atomic E-state index is 15.0. The number of nitrogens with one attached hydrogen (secondary N) is 3. The van der Waals surface area contributed by atoms with Crippen molar-refractivity contribution in [3.05, 3.63) is 60.1 Å². The van der Waals surface area contributed by atoms with Gasteiger partial charge in [0, 0.05) is 56.1 Å².